The Morgan fingerprint density at radius 1 is 1.05 bits per heavy atom. The van der Waals surface area contributed by atoms with Gasteiger partial charge in [-0.15, -0.1) is 0 Å². The topological polar surface area (TPSA) is 142 Å². The molecule has 4 rings (SSSR count). The Morgan fingerprint density at radius 3 is 2.19 bits per heavy atom. The van der Waals surface area contributed by atoms with Crippen LogP contribution in [0.25, 0.3) is 11.1 Å². The second-order valence-electron chi connectivity index (χ2n) is 10.7. The number of primary amides is 1. The summed E-state index contributed by atoms with van der Waals surface area (Å²) in [7, 11) is 0. The van der Waals surface area contributed by atoms with Gasteiger partial charge in [0, 0.05) is 26.3 Å². The first kappa shape index (κ1) is 26.3. The summed E-state index contributed by atoms with van der Waals surface area (Å²) in [5.41, 5.74) is 6.91. The fourth-order valence-electron chi connectivity index (χ4n) is 5.27. The number of likely N-dealkylation sites (tertiary alicyclic amines) is 1. The number of nitrogens with one attached hydrogen (secondary N) is 2. The fraction of sp³-hybridized carbons (Fsp3) is 0.429. The SMILES string of the molecule is CC(=O)N[C@@]1(C(=O)N2C[C@H](O)C[C@H]2C(=O)N[C@H](Cc2ccc(-c3ccccc3)cc2)C(N)=O)CC1(C)C. The van der Waals surface area contributed by atoms with Gasteiger partial charge in [-0.1, -0.05) is 68.4 Å². The van der Waals surface area contributed by atoms with Crippen molar-refractivity contribution in [1.82, 2.24) is 15.5 Å². The number of nitrogens with zero attached hydrogens (tertiary/aromatic N) is 1. The highest BCUT2D eigenvalue weighted by Gasteiger charge is 2.69. The zero-order valence-corrected chi connectivity index (χ0v) is 21.4. The van der Waals surface area contributed by atoms with E-state index in [1.54, 1.807) is 0 Å². The van der Waals surface area contributed by atoms with Gasteiger partial charge in [-0.25, -0.2) is 0 Å². The molecule has 0 unspecified atom stereocenters. The van der Waals surface area contributed by atoms with E-state index in [4.69, 9.17) is 5.73 Å². The molecule has 1 saturated heterocycles. The summed E-state index contributed by atoms with van der Waals surface area (Å²) in [6.07, 6.45) is -0.246. The molecule has 4 atom stereocenters. The molecule has 2 aromatic carbocycles. The van der Waals surface area contributed by atoms with Crippen molar-refractivity contribution in [2.75, 3.05) is 6.54 Å². The third-order valence-corrected chi connectivity index (χ3v) is 7.50. The molecule has 0 radical (unpaired) electrons. The van der Waals surface area contributed by atoms with Gasteiger partial charge < -0.3 is 26.4 Å². The second-order valence-corrected chi connectivity index (χ2v) is 10.7. The average molecular weight is 507 g/mol. The highest BCUT2D eigenvalue weighted by molar-refractivity contribution is 5.99. The van der Waals surface area contributed by atoms with Gasteiger partial charge in [-0.05, 0) is 28.5 Å². The molecule has 9 heteroatoms. The van der Waals surface area contributed by atoms with Crippen molar-refractivity contribution in [2.24, 2.45) is 11.1 Å². The Hall–Kier alpha value is -3.72. The number of amides is 4. The third-order valence-electron chi connectivity index (χ3n) is 7.50. The van der Waals surface area contributed by atoms with E-state index in [1.165, 1.54) is 11.8 Å². The molecule has 2 aliphatic rings. The van der Waals surface area contributed by atoms with Crippen molar-refractivity contribution in [3.63, 3.8) is 0 Å². The molecule has 2 fully saturated rings. The molecule has 1 aliphatic heterocycles. The first-order valence-corrected chi connectivity index (χ1v) is 12.5. The number of aliphatic hydroxyl groups excluding tert-OH is 1. The molecule has 1 saturated carbocycles. The number of hydrogen-bond acceptors (Lipinski definition) is 5. The van der Waals surface area contributed by atoms with E-state index < -0.39 is 46.9 Å². The van der Waals surface area contributed by atoms with Crippen LogP contribution in [0.3, 0.4) is 0 Å². The van der Waals surface area contributed by atoms with Crippen LogP contribution in [0, 0.1) is 5.41 Å². The van der Waals surface area contributed by atoms with Crippen LogP contribution in [-0.4, -0.2) is 63.9 Å². The molecular formula is C28H34N4O5. The molecule has 9 nitrogen and oxygen atoms in total. The summed E-state index contributed by atoms with van der Waals surface area (Å²) in [6, 6.07) is 15.5. The van der Waals surface area contributed by atoms with Gasteiger partial charge >= 0.3 is 0 Å². The summed E-state index contributed by atoms with van der Waals surface area (Å²) in [6.45, 7) is 5.05. The van der Waals surface area contributed by atoms with Crippen molar-refractivity contribution in [3.05, 3.63) is 60.2 Å². The van der Waals surface area contributed by atoms with E-state index >= 15 is 0 Å². The number of nitrogens with two attached hydrogens (primary N) is 1. The highest BCUT2D eigenvalue weighted by atomic mass is 16.3. The maximum absolute atomic E-state index is 13.5. The van der Waals surface area contributed by atoms with Gasteiger partial charge in [0.25, 0.3) is 0 Å². The third kappa shape index (κ3) is 5.36. The number of hydrogen-bond donors (Lipinski definition) is 4. The number of carbonyl (C=O) groups is 4. The number of rotatable bonds is 8. The average Bonchev–Trinajstić information content (AvgIpc) is 3.18. The lowest BCUT2D eigenvalue weighted by Crippen LogP contribution is -2.58. The van der Waals surface area contributed by atoms with Crippen molar-refractivity contribution < 1.29 is 24.3 Å². The van der Waals surface area contributed by atoms with Gasteiger partial charge in [0.05, 0.1) is 6.10 Å². The zero-order chi connectivity index (χ0) is 27.0. The summed E-state index contributed by atoms with van der Waals surface area (Å²) >= 11 is 0. The van der Waals surface area contributed by atoms with E-state index in [0.717, 1.165) is 16.7 Å². The van der Waals surface area contributed by atoms with Gasteiger partial charge in [0.1, 0.15) is 17.6 Å². The number of carbonyl (C=O) groups excluding carboxylic acids is 4. The van der Waals surface area contributed by atoms with E-state index in [2.05, 4.69) is 10.6 Å². The Morgan fingerprint density at radius 2 is 1.65 bits per heavy atom. The van der Waals surface area contributed by atoms with Gasteiger partial charge in [0.15, 0.2) is 0 Å². The minimum absolute atomic E-state index is 0.0312. The van der Waals surface area contributed by atoms with Gasteiger partial charge in [0.2, 0.25) is 23.6 Å². The standard InChI is InChI=1S/C28H34N4O5/c1-17(33)31-28(16-27(28,2)3)26(37)32-15-21(34)14-23(32)25(36)30-22(24(29)35)13-18-9-11-20(12-10-18)19-7-5-4-6-8-19/h4-12,21-23,34H,13-16H2,1-3H3,(H2,29,35)(H,30,36)(H,31,33)/t21-,22-,23+,28-/m1/s1. The Kier molecular flexibility index (Phi) is 7.10. The molecule has 5 N–H and O–H groups in total. The normalized spacial score (nSPS) is 24.7. The lowest BCUT2D eigenvalue weighted by Gasteiger charge is -2.31. The van der Waals surface area contributed by atoms with Gasteiger partial charge in [-0.2, -0.15) is 0 Å². The lowest BCUT2D eigenvalue weighted by molar-refractivity contribution is -0.143. The van der Waals surface area contributed by atoms with Crippen LogP contribution >= 0.6 is 0 Å². The van der Waals surface area contributed by atoms with Crippen LogP contribution < -0.4 is 16.4 Å². The molecule has 0 spiro atoms. The molecular weight excluding hydrogens is 472 g/mol. The van der Waals surface area contributed by atoms with Crippen molar-refractivity contribution in [1.29, 1.82) is 0 Å². The number of aliphatic hydroxyl groups is 1. The van der Waals surface area contributed by atoms with Crippen molar-refractivity contribution in [2.45, 2.75) is 63.8 Å². The second kappa shape index (κ2) is 9.97. The van der Waals surface area contributed by atoms with Crippen LogP contribution in [0.15, 0.2) is 54.6 Å². The molecule has 1 aliphatic carbocycles. The minimum atomic E-state index is -1.12. The summed E-state index contributed by atoms with van der Waals surface area (Å²) in [4.78, 5) is 52.2. The van der Waals surface area contributed by atoms with E-state index in [1.807, 2.05) is 68.4 Å². The number of benzene rings is 2. The van der Waals surface area contributed by atoms with Crippen LogP contribution in [0.5, 0.6) is 0 Å². The Labute approximate surface area is 216 Å². The van der Waals surface area contributed by atoms with Crippen LogP contribution in [0.2, 0.25) is 0 Å². The predicted molar refractivity (Wildman–Crippen MR) is 138 cm³/mol. The largest absolute Gasteiger partial charge is 0.391 e. The predicted octanol–water partition coefficient (Wildman–Crippen LogP) is 1.13. The quantitative estimate of drug-likeness (QED) is 0.425. The molecule has 1 heterocycles. The van der Waals surface area contributed by atoms with E-state index in [-0.39, 0.29) is 25.3 Å². The minimum Gasteiger partial charge on any atom is -0.391 e. The lowest BCUT2D eigenvalue weighted by atomic mass is 10.00. The monoisotopic (exact) mass is 506 g/mol. The smallest absolute Gasteiger partial charge is 0.249 e. The Bertz CT molecular complexity index is 1200. The summed E-state index contributed by atoms with van der Waals surface area (Å²) < 4.78 is 0. The molecule has 2 aromatic rings. The van der Waals surface area contributed by atoms with Crippen LogP contribution in [0.1, 0.15) is 39.2 Å². The highest BCUT2D eigenvalue weighted by Crippen LogP contribution is 2.57. The van der Waals surface area contributed by atoms with Crippen molar-refractivity contribution >= 4 is 23.6 Å². The molecule has 0 bridgehead atoms. The van der Waals surface area contributed by atoms with E-state index in [0.29, 0.717) is 6.42 Å². The first-order chi connectivity index (χ1) is 17.4. The summed E-state index contributed by atoms with van der Waals surface area (Å²) in [5, 5.41) is 15.8. The van der Waals surface area contributed by atoms with Crippen LogP contribution in [-0.2, 0) is 25.6 Å². The molecule has 37 heavy (non-hydrogen) atoms. The first-order valence-electron chi connectivity index (χ1n) is 12.5. The molecule has 196 valence electrons. The summed E-state index contributed by atoms with van der Waals surface area (Å²) in [5.74, 6) is -2.01. The molecule has 4 amide bonds. The van der Waals surface area contributed by atoms with Crippen molar-refractivity contribution in [3.8, 4) is 11.1 Å². The van der Waals surface area contributed by atoms with Gasteiger partial charge in [-0.3, -0.25) is 19.2 Å². The van der Waals surface area contributed by atoms with E-state index in [9.17, 15) is 24.3 Å². The van der Waals surface area contributed by atoms with Crippen LogP contribution in [0.4, 0.5) is 0 Å². The maximum Gasteiger partial charge on any atom is 0.249 e. The maximum atomic E-state index is 13.5. The zero-order valence-electron chi connectivity index (χ0n) is 21.4. The Balaban J connectivity index is 1.47. The number of β-amino-alcohol motifs (C(OH)–C–C–N with tert-alkyl or cyclic N) is 1. The fourth-order valence-corrected chi connectivity index (χ4v) is 5.27. The molecule has 0 aromatic heterocycles.